The van der Waals surface area contributed by atoms with Gasteiger partial charge in [0.05, 0.1) is 21.8 Å². The lowest BCUT2D eigenvalue weighted by atomic mass is 10.1. The number of aromatic nitrogens is 2. The minimum atomic E-state index is -0.900. The van der Waals surface area contributed by atoms with Crippen LogP contribution in [0.5, 0.6) is 0 Å². The van der Waals surface area contributed by atoms with E-state index in [0.29, 0.717) is 5.75 Å². The van der Waals surface area contributed by atoms with Crippen molar-refractivity contribution in [3.8, 4) is 11.1 Å². The molecule has 3 aromatic rings. The summed E-state index contributed by atoms with van der Waals surface area (Å²) >= 11 is 0. The zero-order valence-electron chi connectivity index (χ0n) is 11.1. The molecule has 2 aromatic carbocycles. The van der Waals surface area contributed by atoms with Crippen LogP contribution in [0.1, 0.15) is 6.92 Å². The molecule has 20 heavy (non-hydrogen) atoms. The van der Waals surface area contributed by atoms with Gasteiger partial charge in [0, 0.05) is 23.0 Å². The molecule has 1 aromatic heterocycles. The monoisotopic (exact) mass is 282 g/mol. The molecule has 0 aliphatic rings. The van der Waals surface area contributed by atoms with E-state index in [4.69, 9.17) is 0 Å². The molecule has 1 unspecified atom stereocenters. The minimum Gasteiger partial charge on any atom is -0.254 e. The highest BCUT2D eigenvalue weighted by atomic mass is 32.2. The van der Waals surface area contributed by atoms with Gasteiger partial charge in [0.1, 0.15) is 0 Å². The molecule has 1 heterocycles. The van der Waals surface area contributed by atoms with Crippen molar-refractivity contribution in [2.24, 2.45) is 0 Å². The number of fused-ring (bicyclic) bond motifs is 1. The van der Waals surface area contributed by atoms with Crippen molar-refractivity contribution in [2.75, 3.05) is 5.75 Å². The van der Waals surface area contributed by atoms with E-state index in [0.717, 1.165) is 27.1 Å². The van der Waals surface area contributed by atoms with E-state index >= 15 is 0 Å². The Labute approximate surface area is 120 Å². The van der Waals surface area contributed by atoms with Crippen molar-refractivity contribution in [1.82, 2.24) is 9.97 Å². The van der Waals surface area contributed by atoms with E-state index in [-0.39, 0.29) is 0 Å². The third-order valence-electron chi connectivity index (χ3n) is 3.18. The van der Waals surface area contributed by atoms with Gasteiger partial charge in [-0.3, -0.25) is 14.2 Å². The normalized spacial score (nSPS) is 12.4. The Bertz CT molecular complexity index is 769. The molecule has 0 saturated carbocycles. The SMILES string of the molecule is CCS(=O)c1ccc(-c2ccc3nccnc3c2)cc1. The smallest absolute Gasteiger partial charge is 0.0892 e. The molecule has 0 N–H and O–H groups in total. The molecule has 0 aliphatic carbocycles. The number of rotatable bonds is 3. The van der Waals surface area contributed by atoms with Crippen LogP contribution in [0.4, 0.5) is 0 Å². The van der Waals surface area contributed by atoms with Crippen LogP contribution in [0.3, 0.4) is 0 Å². The number of hydrogen-bond donors (Lipinski definition) is 0. The van der Waals surface area contributed by atoms with Gasteiger partial charge in [0.25, 0.3) is 0 Å². The van der Waals surface area contributed by atoms with Gasteiger partial charge in [0.2, 0.25) is 0 Å². The Morgan fingerprint density at radius 3 is 2.25 bits per heavy atom. The number of hydrogen-bond acceptors (Lipinski definition) is 3. The Hall–Kier alpha value is -2.07. The van der Waals surface area contributed by atoms with Gasteiger partial charge in [-0.05, 0) is 35.4 Å². The summed E-state index contributed by atoms with van der Waals surface area (Å²) in [6.45, 7) is 1.92. The average Bonchev–Trinajstić information content (AvgIpc) is 2.54. The molecule has 4 heteroatoms. The molecule has 1 atom stereocenters. The summed E-state index contributed by atoms with van der Waals surface area (Å²) in [7, 11) is -0.900. The Balaban J connectivity index is 2.00. The zero-order valence-corrected chi connectivity index (χ0v) is 11.9. The minimum absolute atomic E-state index is 0.644. The highest BCUT2D eigenvalue weighted by Gasteiger charge is 2.04. The van der Waals surface area contributed by atoms with Gasteiger partial charge in [-0.15, -0.1) is 0 Å². The van der Waals surface area contributed by atoms with E-state index in [1.807, 2.05) is 49.4 Å². The molecule has 0 amide bonds. The maximum absolute atomic E-state index is 11.7. The van der Waals surface area contributed by atoms with Crippen LogP contribution < -0.4 is 0 Å². The van der Waals surface area contributed by atoms with E-state index in [9.17, 15) is 4.21 Å². The summed E-state index contributed by atoms with van der Waals surface area (Å²) in [5, 5.41) is 0. The van der Waals surface area contributed by atoms with E-state index < -0.39 is 10.8 Å². The fourth-order valence-corrected chi connectivity index (χ4v) is 2.88. The van der Waals surface area contributed by atoms with Gasteiger partial charge in [-0.25, -0.2) is 0 Å². The summed E-state index contributed by atoms with van der Waals surface area (Å²) < 4.78 is 11.7. The third-order valence-corrected chi connectivity index (χ3v) is 4.50. The summed E-state index contributed by atoms with van der Waals surface area (Å²) in [5.74, 6) is 0.644. The average molecular weight is 282 g/mol. The van der Waals surface area contributed by atoms with Crippen LogP contribution in [0.2, 0.25) is 0 Å². The van der Waals surface area contributed by atoms with Crippen LogP contribution in [0, 0.1) is 0 Å². The highest BCUT2D eigenvalue weighted by Crippen LogP contribution is 2.23. The number of benzene rings is 2. The van der Waals surface area contributed by atoms with Crippen LogP contribution in [0.25, 0.3) is 22.2 Å². The summed E-state index contributed by atoms with van der Waals surface area (Å²) in [6, 6.07) is 13.9. The van der Waals surface area contributed by atoms with Crippen molar-refractivity contribution >= 4 is 21.8 Å². The fraction of sp³-hybridized carbons (Fsp3) is 0.125. The summed E-state index contributed by atoms with van der Waals surface area (Å²) in [4.78, 5) is 9.45. The van der Waals surface area contributed by atoms with Crippen molar-refractivity contribution in [1.29, 1.82) is 0 Å². The molecular formula is C16H14N2OS. The van der Waals surface area contributed by atoms with Gasteiger partial charge < -0.3 is 0 Å². The first-order chi connectivity index (χ1) is 9.78. The predicted molar refractivity (Wildman–Crippen MR) is 81.9 cm³/mol. The molecular weight excluding hydrogens is 268 g/mol. The van der Waals surface area contributed by atoms with E-state index in [2.05, 4.69) is 9.97 Å². The Kier molecular flexibility index (Phi) is 3.56. The summed E-state index contributed by atoms with van der Waals surface area (Å²) in [5.41, 5.74) is 3.95. The first kappa shape index (κ1) is 12.9. The first-order valence-corrected chi connectivity index (χ1v) is 7.79. The molecule has 3 rings (SSSR count). The van der Waals surface area contributed by atoms with E-state index in [1.165, 1.54) is 0 Å². The summed E-state index contributed by atoms with van der Waals surface area (Å²) in [6.07, 6.45) is 3.39. The second-order valence-corrected chi connectivity index (χ2v) is 6.16. The topological polar surface area (TPSA) is 42.9 Å². The van der Waals surface area contributed by atoms with Crippen LogP contribution in [-0.2, 0) is 10.8 Å². The fourth-order valence-electron chi connectivity index (χ4n) is 2.11. The quantitative estimate of drug-likeness (QED) is 0.739. The molecule has 0 fully saturated rings. The largest absolute Gasteiger partial charge is 0.254 e. The molecule has 0 aliphatic heterocycles. The molecule has 3 nitrogen and oxygen atoms in total. The van der Waals surface area contributed by atoms with E-state index in [1.54, 1.807) is 12.4 Å². The Morgan fingerprint density at radius 1 is 0.900 bits per heavy atom. The second-order valence-electron chi connectivity index (χ2n) is 4.42. The number of nitrogens with zero attached hydrogens (tertiary/aromatic N) is 2. The van der Waals surface area contributed by atoms with Gasteiger partial charge >= 0.3 is 0 Å². The lowest BCUT2D eigenvalue weighted by Gasteiger charge is -2.05. The molecule has 0 saturated heterocycles. The predicted octanol–water partition coefficient (Wildman–Crippen LogP) is 3.42. The highest BCUT2D eigenvalue weighted by molar-refractivity contribution is 7.85. The first-order valence-electron chi connectivity index (χ1n) is 6.47. The van der Waals surface area contributed by atoms with Crippen molar-refractivity contribution in [3.05, 3.63) is 54.9 Å². The molecule has 100 valence electrons. The molecule has 0 spiro atoms. The third kappa shape index (κ3) is 2.47. The van der Waals surface area contributed by atoms with Gasteiger partial charge in [-0.1, -0.05) is 25.1 Å². The lowest BCUT2D eigenvalue weighted by Crippen LogP contribution is -1.93. The molecule has 0 radical (unpaired) electrons. The van der Waals surface area contributed by atoms with Gasteiger partial charge in [0.15, 0.2) is 0 Å². The molecule has 0 bridgehead atoms. The van der Waals surface area contributed by atoms with Gasteiger partial charge in [-0.2, -0.15) is 0 Å². The van der Waals surface area contributed by atoms with Crippen LogP contribution >= 0.6 is 0 Å². The van der Waals surface area contributed by atoms with Crippen LogP contribution in [-0.4, -0.2) is 19.9 Å². The van der Waals surface area contributed by atoms with Crippen molar-refractivity contribution in [2.45, 2.75) is 11.8 Å². The van der Waals surface area contributed by atoms with Crippen molar-refractivity contribution in [3.63, 3.8) is 0 Å². The lowest BCUT2D eigenvalue weighted by molar-refractivity contribution is 0.684. The zero-order chi connectivity index (χ0) is 13.9. The maximum atomic E-state index is 11.7. The second kappa shape index (κ2) is 5.51. The Morgan fingerprint density at radius 2 is 1.55 bits per heavy atom. The maximum Gasteiger partial charge on any atom is 0.0892 e. The van der Waals surface area contributed by atoms with Crippen molar-refractivity contribution < 1.29 is 4.21 Å². The van der Waals surface area contributed by atoms with Crippen LogP contribution in [0.15, 0.2) is 59.8 Å². The standard InChI is InChI=1S/C16H14N2OS/c1-2-20(19)14-6-3-12(4-7-14)13-5-8-15-16(11-13)18-10-9-17-15/h3-11H,2H2,1H3.